The second-order valence-electron chi connectivity index (χ2n) is 3.69. The van der Waals surface area contributed by atoms with Gasteiger partial charge in [-0.15, -0.1) is 0 Å². The van der Waals surface area contributed by atoms with Crippen LogP contribution < -0.4 is 14.2 Å². The fourth-order valence-electron chi connectivity index (χ4n) is 1.78. The standard InChI is InChI=1S/C12H13BrO5/c1-15-10-7(5-8(13)12(14)16-2)3-4-9-11(10)18-6-17-9/h3-4,8H,5-6H2,1-2H3/t8-/m0/s1. The molecule has 0 saturated heterocycles. The Morgan fingerprint density at radius 3 is 2.89 bits per heavy atom. The number of carbonyl (C=O) groups is 1. The zero-order chi connectivity index (χ0) is 13.1. The first kappa shape index (κ1) is 13.0. The molecule has 1 heterocycles. The maximum atomic E-state index is 11.4. The van der Waals surface area contributed by atoms with Crippen LogP contribution in [-0.4, -0.2) is 31.8 Å². The summed E-state index contributed by atoms with van der Waals surface area (Å²) in [4.78, 5) is 11.0. The largest absolute Gasteiger partial charge is 0.492 e. The third kappa shape index (κ3) is 2.38. The number of benzene rings is 1. The molecule has 1 aromatic rings. The van der Waals surface area contributed by atoms with Crippen molar-refractivity contribution in [1.29, 1.82) is 0 Å². The number of rotatable bonds is 4. The van der Waals surface area contributed by atoms with Crippen LogP contribution in [0.2, 0.25) is 0 Å². The normalized spacial score (nSPS) is 14.2. The van der Waals surface area contributed by atoms with Gasteiger partial charge in [0.25, 0.3) is 0 Å². The summed E-state index contributed by atoms with van der Waals surface area (Å²) in [6, 6.07) is 3.65. The number of hydrogen-bond donors (Lipinski definition) is 0. The zero-order valence-corrected chi connectivity index (χ0v) is 11.7. The third-order valence-electron chi connectivity index (χ3n) is 2.64. The Hall–Kier alpha value is -1.43. The Morgan fingerprint density at radius 2 is 2.22 bits per heavy atom. The SMILES string of the molecule is COC(=O)[C@@H](Br)Cc1ccc2c(c1OC)OCO2. The predicted molar refractivity (Wildman–Crippen MR) is 67.6 cm³/mol. The van der Waals surface area contributed by atoms with Crippen molar-refractivity contribution in [1.82, 2.24) is 0 Å². The minimum absolute atomic E-state index is 0.184. The van der Waals surface area contributed by atoms with Gasteiger partial charge in [-0.25, -0.2) is 0 Å². The summed E-state index contributed by atoms with van der Waals surface area (Å²) >= 11 is 3.28. The van der Waals surface area contributed by atoms with Crippen LogP contribution >= 0.6 is 15.9 Å². The summed E-state index contributed by atoms with van der Waals surface area (Å²) in [6.45, 7) is 0.184. The van der Waals surface area contributed by atoms with E-state index in [1.165, 1.54) is 7.11 Å². The average molecular weight is 317 g/mol. The molecule has 2 rings (SSSR count). The molecule has 1 aliphatic rings. The van der Waals surface area contributed by atoms with Crippen molar-refractivity contribution in [2.75, 3.05) is 21.0 Å². The van der Waals surface area contributed by atoms with Crippen molar-refractivity contribution in [3.05, 3.63) is 17.7 Å². The van der Waals surface area contributed by atoms with Gasteiger partial charge in [-0.1, -0.05) is 22.0 Å². The van der Waals surface area contributed by atoms with E-state index >= 15 is 0 Å². The molecule has 0 radical (unpaired) electrons. The maximum Gasteiger partial charge on any atom is 0.319 e. The fraction of sp³-hybridized carbons (Fsp3) is 0.417. The maximum absolute atomic E-state index is 11.4. The summed E-state index contributed by atoms with van der Waals surface area (Å²) in [6.07, 6.45) is 0.451. The number of fused-ring (bicyclic) bond motifs is 1. The van der Waals surface area contributed by atoms with E-state index in [0.717, 1.165) is 5.56 Å². The van der Waals surface area contributed by atoms with E-state index in [1.54, 1.807) is 13.2 Å². The lowest BCUT2D eigenvalue weighted by Gasteiger charge is -2.13. The minimum Gasteiger partial charge on any atom is -0.492 e. The van der Waals surface area contributed by atoms with E-state index < -0.39 is 4.83 Å². The number of alkyl halides is 1. The fourth-order valence-corrected chi connectivity index (χ4v) is 2.31. The molecular formula is C12H13BrO5. The number of esters is 1. The van der Waals surface area contributed by atoms with Crippen LogP contribution in [0.4, 0.5) is 0 Å². The van der Waals surface area contributed by atoms with Crippen molar-refractivity contribution in [3.8, 4) is 17.2 Å². The van der Waals surface area contributed by atoms with Gasteiger partial charge in [0.2, 0.25) is 12.5 Å². The van der Waals surface area contributed by atoms with Gasteiger partial charge < -0.3 is 18.9 Å². The van der Waals surface area contributed by atoms with Gasteiger partial charge in [-0.3, -0.25) is 4.79 Å². The van der Waals surface area contributed by atoms with E-state index in [-0.39, 0.29) is 12.8 Å². The lowest BCUT2D eigenvalue weighted by Crippen LogP contribution is -2.18. The Balaban J connectivity index is 2.26. The van der Waals surface area contributed by atoms with Crippen LogP contribution in [0.3, 0.4) is 0 Å². The number of methoxy groups -OCH3 is 2. The van der Waals surface area contributed by atoms with E-state index in [0.29, 0.717) is 23.7 Å². The third-order valence-corrected chi connectivity index (χ3v) is 3.33. The second-order valence-corrected chi connectivity index (χ2v) is 4.79. The average Bonchev–Trinajstić information content (AvgIpc) is 2.85. The van der Waals surface area contributed by atoms with Gasteiger partial charge in [0, 0.05) is 0 Å². The first-order valence-corrected chi connectivity index (χ1v) is 6.26. The molecule has 0 fully saturated rings. The molecule has 0 N–H and O–H groups in total. The summed E-state index contributed by atoms with van der Waals surface area (Å²) in [5.74, 6) is 1.51. The van der Waals surface area contributed by atoms with Crippen molar-refractivity contribution in [2.24, 2.45) is 0 Å². The lowest BCUT2D eigenvalue weighted by atomic mass is 10.1. The van der Waals surface area contributed by atoms with Gasteiger partial charge in [-0.2, -0.15) is 0 Å². The van der Waals surface area contributed by atoms with Gasteiger partial charge in [-0.05, 0) is 18.1 Å². The zero-order valence-electron chi connectivity index (χ0n) is 10.1. The molecule has 1 atom stereocenters. The van der Waals surface area contributed by atoms with E-state index in [2.05, 4.69) is 20.7 Å². The Kier molecular flexibility index (Phi) is 3.96. The second kappa shape index (κ2) is 5.48. The van der Waals surface area contributed by atoms with Gasteiger partial charge in [0.05, 0.1) is 14.2 Å². The Bertz CT molecular complexity index is 460. The van der Waals surface area contributed by atoms with Crippen molar-refractivity contribution < 1.29 is 23.7 Å². The van der Waals surface area contributed by atoms with Crippen molar-refractivity contribution in [2.45, 2.75) is 11.2 Å². The molecule has 5 nitrogen and oxygen atoms in total. The molecular weight excluding hydrogens is 304 g/mol. The van der Waals surface area contributed by atoms with Gasteiger partial charge in [0.1, 0.15) is 4.83 Å². The van der Waals surface area contributed by atoms with Crippen LogP contribution in [0, 0.1) is 0 Å². The molecule has 1 aliphatic heterocycles. The van der Waals surface area contributed by atoms with Crippen LogP contribution in [-0.2, 0) is 16.0 Å². The Labute approximate surface area is 113 Å². The number of carbonyl (C=O) groups excluding carboxylic acids is 1. The Morgan fingerprint density at radius 1 is 1.44 bits per heavy atom. The highest BCUT2D eigenvalue weighted by atomic mass is 79.9. The summed E-state index contributed by atoms with van der Waals surface area (Å²) < 4.78 is 20.6. The number of hydrogen-bond acceptors (Lipinski definition) is 5. The predicted octanol–water partition coefficient (Wildman–Crippen LogP) is 1.90. The van der Waals surface area contributed by atoms with Gasteiger partial charge in [0.15, 0.2) is 11.5 Å². The molecule has 98 valence electrons. The van der Waals surface area contributed by atoms with E-state index in [4.69, 9.17) is 14.2 Å². The highest BCUT2D eigenvalue weighted by Gasteiger charge is 2.24. The molecule has 0 aromatic heterocycles. The number of ether oxygens (including phenoxy) is 4. The first-order chi connectivity index (χ1) is 8.67. The van der Waals surface area contributed by atoms with Crippen LogP contribution in [0.1, 0.15) is 5.56 Å². The quantitative estimate of drug-likeness (QED) is 0.627. The van der Waals surface area contributed by atoms with Crippen LogP contribution in [0.5, 0.6) is 17.2 Å². The summed E-state index contributed by atoms with van der Waals surface area (Å²) in [5.41, 5.74) is 0.856. The lowest BCUT2D eigenvalue weighted by molar-refractivity contribution is -0.139. The highest BCUT2D eigenvalue weighted by molar-refractivity contribution is 9.10. The molecule has 0 unspecified atom stereocenters. The molecule has 0 spiro atoms. The summed E-state index contributed by atoms with van der Waals surface area (Å²) in [5, 5.41) is 0. The highest BCUT2D eigenvalue weighted by Crippen LogP contribution is 2.43. The molecule has 0 saturated carbocycles. The first-order valence-electron chi connectivity index (χ1n) is 5.34. The summed E-state index contributed by atoms with van der Waals surface area (Å²) in [7, 11) is 2.91. The van der Waals surface area contributed by atoms with Crippen molar-refractivity contribution in [3.63, 3.8) is 0 Å². The van der Waals surface area contributed by atoms with Gasteiger partial charge >= 0.3 is 5.97 Å². The van der Waals surface area contributed by atoms with Crippen LogP contribution in [0.25, 0.3) is 0 Å². The van der Waals surface area contributed by atoms with Crippen LogP contribution in [0.15, 0.2) is 12.1 Å². The smallest absolute Gasteiger partial charge is 0.319 e. The van der Waals surface area contributed by atoms with E-state index in [9.17, 15) is 4.79 Å². The van der Waals surface area contributed by atoms with Crippen molar-refractivity contribution >= 4 is 21.9 Å². The molecule has 0 amide bonds. The van der Waals surface area contributed by atoms with E-state index in [1.807, 2.05) is 6.07 Å². The monoisotopic (exact) mass is 316 g/mol. The molecule has 0 bridgehead atoms. The molecule has 1 aromatic carbocycles. The molecule has 6 heteroatoms. The molecule has 0 aliphatic carbocycles. The minimum atomic E-state index is -0.420. The molecule has 18 heavy (non-hydrogen) atoms. The topological polar surface area (TPSA) is 54.0 Å². The number of halogens is 1.